The zero-order valence-corrected chi connectivity index (χ0v) is 11.8. The number of carboxylic acids is 1. The minimum absolute atomic E-state index is 0.0408. The number of morpholine rings is 1. The van der Waals surface area contributed by atoms with Gasteiger partial charge in [0.2, 0.25) is 0 Å². The van der Waals surface area contributed by atoms with Crippen LogP contribution in [0.4, 0.5) is 0 Å². The van der Waals surface area contributed by atoms with Gasteiger partial charge in [0.15, 0.2) is 6.04 Å². The molecular formula is C14H23NO5. The van der Waals surface area contributed by atoms with Gasteiger partial charge in [0.1, 0.15) is 19.2 Å². The Labute approximate surface area is 119 Å². The molecule has 0 amide bonds. The lowest BCUT2D eigenvalue weighted by atomic mass is 9.97. The van der Waals surface area contributed by atoms with E-state index in [1.807, 2.05) is 0 Å². The molecule has 0 aromatic rings. The molecule has 1 aliphatic carbocycles. The molecule has 6 nitrogen and oxygen atoms in total. The highest BCUT2D eigenvalue weighted by atomic mass is 16.5. The normalized spacial score (nSPS) is 23.2. The molecule has 1 atom stereocenters. The monoisotopic (exact) mass is 285 g/mol. The molecule has 1 saturated carbocycles. The van der Waals surface area contributed by atoms with Gasteiger partial charge < -0.3 is 24.3 Å². The van der Waals surface area contributed by atoms with Gasteiger partial charge in [0.05, 0.1) is 19.6 Å². The Morgan fingerprint density at radius 1 is 1.20 bits per heavy atom. The van der Waals surface area contributed by atoms with Gasteiger partial charge in [-0.3, -0.25) is 0 Å². The van der Waals surface area contributed by atoms with Crippen LogP contribution in [0.5, 0.6) is 0 Å². The molecule has 0 radical (unpaired) electrons. The van der Waals surface area contributed by atoms with Gasteiger partial charge in [0, 0.05) is 5.97 Å². The Balaban J connectivity index is 1.93. The SMILES string of the molecule is O=C([O-])C[C@@H](C(=O)OC1CCCCC1)[NH+]1CCOCC1. The van der Waals surface area contributed by atoms with Crippen molar-refractivity contribution in [3.63, 3.8) is 0 Å². The van der Waals surface area contributed by atoms with E-state index >= 15 is 0 Å². The molecule has 0 unspecified atom stereocenters. The first-order valence-electron chi connectivity index (χ1n) is 7.49. The van der Waals surface area contributed by atoms with E-state index in [0.717, 1.165) is 30.6 Å². The Hall–Kier alpha value is -1.14. The predicted molar refractivity (Wildman–Crippen MR) is 67.9 cm³/mol. The number of rotatable bonds is 5. The Morgan fingerprint density at radius 3 is 2.45 bits per heavy atom. The summed E-state index contributed by atoms with van der Waals surface area (Å²) in [7, 11) is 0. The third-order valence-corrected chi connectivity index (χ3v) is 4.12. The summed E-state index contributed by atoms with van der Waals surface area (Å²) in [5.74, 6) is -1.59. The first-order valence-corrected chi connectivity index (χ1v) is 7.49. The van der Waals surface area contributed by atoms with Crippen molar-refractivity contribution in [2.24, 2.45) is 0 Å². The Morgan fingerprint density at radius 2 is 1.85 bits per heavy atom. The van der Waals surface area contributed by atoms with Crippen LogP contribution in [0.2, 0.25) is 0 Å². The fourth-order valence-electron chi connectivity index (χ4n) is 2.97. The van der Waals surface area contributed by atoms with E-state index < -0.39 is 18.0 Å². The van der Waals surface area contributed by atoms with Crippen LogP contribution in [-0.2, 0) is 19.1 Å². The molecular weight excluding hydrogens is 262 g/mol. The zero-order chi connectivity index (χ0) is 14.4. The minimum atomic E-state index is -1.20. The van der Waals surface area contributed by atoms with Crippen molar-refractivity contribution < 1.29 is 29.1 Å². The van der Waals surface area contributed by atoms with Crippen LogP contribution in [0, 0.1) is 0 Å². The third kappa shape index (κ3) is 4.45. The Kier molecular flexibility index (Phi) is 5.79. The average Bonchev–Trinajstić information content (AvgIpc) is 2.46. The molecule has 0 aromatic heterocycles. The largest absolute Gasteiger partial charge is 0.550 e. The molecule has 1 saturated heterocycles. The van der Waals surface area contributed by atoms with Crippen molar-refractivity contribution in [2.75, 3.05) is 26.3 Å². The molecule has 2 fully saturated rings. The summed E-state index contributed by atoms with van der Waals surface area (Å²) in [5, 5.41) is 10.9. The van der Waals surface area contributed by atoms with Crippen molar-refractivity contribution in [2.45, 2.75) is 50.7 Å². The van der Waals surface area contributed by atoms with E-state index in [1.54, 1.807) is 0 Å². The second-order valence-electron chi connectivity index (χ2n) is 5.60. The number of esters is 1. The van der Waals surface area contributed by atoms with Crippen LogP contribution in [-0.4, -0.2) is 50.4 Å². The van der Waals surface area contributed by atoms with Crippen molar-refractivity contribution >= 4 is 11.9 Å². The highest BCUT2D eigenvalue weighted by molar-refractivity contribution is 5.80. The van der Waals surface area contributed by atoms with Crippen molar-refractivity contribution in [1.82, 2.24) is 0 Å². The van der Waals surface area contributed by atoms with E-state index in [0.29, 0.717) is 26.3 Å². The number of ether oxygens (including phenoxy) is 2. The summed E-state index contributed by atoms with van der Waals surface area (Å²) in [6.45, 7) is 2.38. The topological polar surface area (TPSA) is 80.1 Å². The van der Waals surface area contributed by atoms with Crippen molar-refractivity contribution in [3.05, 3.63) is 0 Å². The van der Waals surface area contributed by atoms with Crippen LogP contribution in [0.3, 0.4) is 0 Å². The first-order chi connectivity index (χ1) is 9.66. The molecule has 1 aliphatic heterocycles. The van der Waals surface area contributed by atoms with Gasteiger partial charge in [-0.05, 0) is 25.7 Å². The molecule has 0 bridgehead atoms. The van der Waals surface area contributed by atoms with Gasteiger partial charge in [-0.2, -0.15) is 0 Å². The van der Waals surface area contributed by atoms with E-state index in [1.165, 1.54) is 6.42 Å². The maximum absolute atomic E-state index is 12.3. The second kappa shape index (κ2) is 7.59. The average molecular weight is 285 g/mol. The molecule has 114 valence electrons. The number of aliphatic carboxylic acids is 1. The van der Waals surface area contributed by atoms with Gasteiger partial charge in [-0.15, -0.1) is 0 Å². The quantitative estimate of drug-likeness (QED) is 0.608. The predicted octanol–water partition coefficient (Wildman–Crippen LogP) is -1.71. The van der Waals surface area contributed by atoms with Gasteiger partial charge in [0.25, 0.3) is 0 Å². The van der Waals surface area contributed by atoms with E-state index in [9.17, 15) is 14.7 Å². The van der Waals surface area contributed by atoms with E-state index in [-0.39, 0.29) is 12.5 Å². The molecule has 6 heteroatoms. The second-order valence-corrected chi connectivity index (χ2v) is 5.60. The zero-order valence-electron chi connectivity index (χ0n) is 11.8. The Bertz CT molecular complexity index is 334. The van der Waals surface area contributed by atoms with Crippen LogP contribution < -0.4 is 10.0 Å². The molecule has 1 heterocycles. The standard InChI is InChI=1S/C14H23NO5/c16-13(17)10-12(15-6-8-19-9-7-15)14(18)20-11-4-2-1-3-5-11/h11-12H,1-10H2,(H,16,17)/t12-/m0/s1. The molecule has 0 spiro atoms. The van der Waals surface area contributed by atoms with Gasteiger partial charge in [-0.1, -0.05) is 6.42 Å². The lowest BCUT2D eigenvalue weighted by Crippen LogP contribution is -3.18. The number of hydrogen-bond donors (Lipinski definition) is 1. The summed E-state index contributed by atoms with van der Waals surface area (Å²) in [4.78, 5) is 24.1. The highest BCUT2D eigenvalue weighted by Gasteiger charge is 2.34. The maximum atomic E-state index is 12.3. The van der Waals surface area contributed by atoms with E-state index in [2.05, 4.69) is 0 Å². The summed E-state index contributed by atoms with van der Waals surface area (Å²) < 4.78 is 10.8. The lowest BCUT2D eigenvalue weighted by molar-refractivity contribution is -0.924. The van der Waals surface area contributed by atoms with Crippen LogP contribution in [0.25, 0.3) is 0 Å². The maximum Gasteiger partial charge on any atom is 0.365 e. The summed E-state index contributed by atoms with van der Waals surface area (Å²) in [6, 6.07) is -0.661. The first kappa shape index (κ1) is 15.3. The minimum Gasteiger partial charge on any atom is -0.550 e. The summed E-state index contributed by atoms with van der Waals surface area (Å²) >= 11 is 0. The van der Waals surface area contributed by atoms with Crippen LogP contribution >= 0.6 is 0 Å². The third-order valence-electron chi connectivity index (χ3n) is 4.12. The van der Waals surface area contributed by atoms with Gasteiger partial charge in [-0.25, -0.2) is 4.79 Å². The highest BCUT2D eigenvalue weighted by Crippen LogP contribution is 2.20. The fourth-order valence-corrected chi connectivity index (χ4v) is 2.97. The van der Waals surface area contributed by atoms with Crippen molar-refractivity contribution in [3.8, 4) is 0 Å². The molecule has 20 heavy (non-hydrogen) atoms. The molecule has 1 N–H and O–H groups in total. The number of carbonyl (C=O) groups is 2. The van der Waals surface area contributed by atoms with Crippen molar-refractivity contribution in [1.29, 1.82) is 0 Å². The van der Waals surface area contributed by atoms with Crippen LogP contribution in [0.1, 0.15) is 38.5 Å². The number of hydrogen-bond acceptors (Lipinski definition) is 5. The number of quaternary nitrogens is 1. The van der Waals surface area contributed by atoms with Gasteiger partial charge >= 0.3 is 5.97 Å². The fraction of sp³-hybridized carbons (Fsp3) is 0.857. The smallest absolute Gasteiger partial charge is 0.365 e. The molecule has 0 aromatic carbocycles. The number of nitrogens with one attached hydrogen (secondary N) is 1. The lowest BCUT2D eigenvalue weighted by Gasteiger charge is -2.32. The van der Waals surface area contributed by atoms with E-state index in [4.69, 9.17) is 9.47 Å². The number of carboxylic acid groups (broad SMARTS) is 1. The van der Waals surface area contributed by atoms with Crippen LogP contribution in [0.15, 0.2) is 0 Å². The number of carbonyl (C=O) groups excluding carboxylic acids is 2. The summed E-state index contributed by atoms with van der Waals surface area (Å²) in [6.07, 6.45) is 4.80. The summed E-state index contributed by atoms with van der Waals surface area (Å²) in [5.41, 5.74) is 0. The molecule has 2 aliphatic rings. The molecule has 2 rings (SSSR count).